The zero-order chi connectivity index (χ0) is 34.9. The highest BCUT2D eigenvalue weighted by molar-refractivity contribution is 6.32. The minimum absolute atomic E-state index is 0.0820. The Morgan fingerprint density at radius 2 is 1.84 bits per heavy atom. The molecule has 2 aliphatic heterocycles. The molecule has 6 heterocycles. The van der Waals surface area contributed by atoms with Crippen LogP contribution in [-0.2, 0) is 35.1 Å². The number of rotatable bonds is 8. The number of ether oxygens (including phenoxy) is 1. The number of nitrogens with zero attached hydrogens (tertiary/aromatic N) is 8. The summed E-state index contributed by atoms with van der Waals surface area (Å²) in [6.45, 7) is 5.16. The number of hydrogen-bond donors (Lipinski definition) is 1. The van der Waals surface area contributed by atoms with Crippen molar-refractivity contribution < 1.29 is 27.5 Å². The number of fused-ring (bicyclic) bond motifs is 1. The van der Waals surface area contributed by atoms with Gasteiger partial charge in [0.1, 0.15) is 23.6 Å². The van der Waals surface area contributed by atoms with Crippen LogP contribution in [0.5, 0.6) is 0 Å². The number of nitrogens with one attached hydrogen (secondary N) is 1. The van der Waals surface area contributed by atoms with Gasteiger partial charge in [-0.15, -0.1) is 5.10 Å². The molecule has 0 unspecified atom stereocenters. The molecule has 1 fully saturated rings. The first-order chi connectivity index (χ1) is 23.5. The third kappa shape index (κ3) is 6.82. The molecular formula is C32H33ClF3N9O4. The molecule has 1 saturated heterocycles. The first-order valence-corrected chi connectivity index (χ1v) is 16.2. The lowest BCUT2D eigenvalue weighted by Crippen LogP contribution is -2.51. The largest absolute Gasteiger partial charge is 0.490 e. The van der Waals surface area contributed by atoms with E-state index in [1.807, 2.05) is 30.9 Å². The van der Waals surface area contributed by atoms with Crippen LogP contribution in [0.1, 0.15) is 60.0 Å². The average molecular weight is 700 g/mol. The summed E-state index contributed by atoms with van der Waals surface area (Å²) in [5.74, 6) is -0.155. The van der Waals surface area contributed by atoms with Gasteiger partial charge in [-0.2, -0.15) is 22.7 Å². The van der Waals surface area contributed by atoms with E-state index in [0.29, 0.717) is 68.5 Å². The summed E-state index contributed by atoms with van der Waals surface area (Å²) in [5.41, 5.74) is 0.274. The number of aryl methyl sites for hydroxylation is 1. The van der Waals surface area contributed by atoms with E-state index in [1.54, 1.807) is 21.7 Å². The van der Waals surface area contributed by atoms with E-state index in [9.17, 15) is 27.6 Å². The number of amides is 2. The van der Waals surface area contributed by atoms with E-state index >= 15 is 0 Å². The maximum Gasteiger partial charge on any atom is 0.433 e. The molecule has 13 nitrogen and oxygen atoms in total. The van der Waals surface area contributed by atoms with Gasteiger partial charge in [-0.1, -0.05) is 31.5 Å². The van der Waals surface area contributed by atoms with Gasteiger partial charge in [0, 0.05) is 32.4 Å². The van der Waals surface area contributed by atoms with Crippen molar-refractivity contribution >= 4 is 46.3 Å². The standard InChI is InChI=1S/C32H33ClF3N9O4/c1-3-19-8-7-12-37-25(19)29(47)43-15-13-42(14-16-43)26-21(4-2)44(18-24(46)38-20-10-11-23(32(34,35)36)39-27(20)33)31-40-28(41-45(31)30(26)48)22-9-5-6-17-49-22/h7-12H,3-6,13-18H2,1-2H3,(H,38,46). The molecule has 0 aliphatic carbocycles. The molecule has 6 rings (SSSR count). The molecule has 0 bridgehead atoms. The number of halogens is 4. The first-order valence-electron chi connectivity index (χ1n) is 15.9. The minimum atomic E-state index is -4.71. The maximum absolute atomic E-state index is 14.1. The summed E-state index contributed by atoms with van der Waals surface area (Å²) in [6.07, 6.45) is 1.25. The van der Waals surface area contributed by atoms with Gasteiger partial charge >= 0.3 is 6.18 Å². The number of anilines is 2. The number of hydrogen-bond acceptors (Lipinski definition) is 9. The van der Waals surface area contributed by atoms with Crippen molar-refractivity contribution in [2.45, 2.75) is 52.3 Å². The molecule has 49 heavy (non-hydrogen) atoms. The summed E-state index contributed by atoms with van der Waals surface area (Å²) >= 11 is 6.00. The van der Waals surface area contributed by atoms with E-state index in [-0.39, 0.29) is 29.7 Å². The SMILES string of the molecule is CCc1cccnc1C(=O)N1CCN(c2c(CC)n(CC(=O)Nc3ccc(C(F)(F)F)nc3Cl)c3nc(C4=CCCCO4)nn3c2=O)CC1. The molecule has 0 aromatic carbocycles. The third-order valence-electron chi connectivity index (χ3n) is 8.39. The Hall–Kier alpha value is -4.99. The van der Waals surface area contributed by atoms with Crippen molar-refractivity contribution in [1.29, 1.82) is 0 Å². The summed E-state index contributed by atoms with van der Waals surface area (Å²) in [7, 11) is 0. The lowest BCUT2D eigenvalue weighted by molar-refractivity contribution is -0.141. The Balaban J connectivity index is 1.34. The van der Waals surface area contributed by atoms with E-state index < -0.39 is 28.5 Å². The molecule has 0 saturated carbocycles. The Bertz CT molecular complexity index is 2000. The maximum atomic E-state index is 14.1. The predicted molar refractivity (Wildman–Crippen MR) is 174 cm³/mol. The van der Waals surface area contributed by atoms with Crippen molar-refractivity contribution in [3.05, 3.63) is 80.5 Å². The van der Waals surface area contributed by atoms with Crippen molar-refractivity contribution in [2.75, 3.05) is 43.0 Å². The number of carbonyl (C=O) groups is 2. The number of carbonyl (C=O) groups excluding carboxylic acids is 2. The van der Waals surface area contributed by atoms with Gasteiger partial charge in [0.2, 0.25) is 17.5 Å². The summed E-state index contributed by atoms with van der Waals surface area (Å²) in [5, 5.41) is 6.47. The molecule has 0 atom stereocenters. The van der Waals surface area contributed by atoms with Crippen LogP contribution in [0.25, 0.3) is 11.5 Å². The fourth-order valence-electron chi connectivity index (χ4n) is 5.97. The highest BCUT2D eigenvalue weighted by atomic mass is 35.5. The van der Waals surface area contributed by atoms with Crippen molar-refractivity contribution in [3.63, 3.8) is 0 Å². The molecular weight excluding hydrogens is 667 g/mol. The number of alkyl halides is 3. The van der Waals surface area contributed by atoms with Gasteiger partial charge in [0.05, 0.1) is 18.0 Å². The van der Waals surface area contributed by atoms with Crippen LogP contribution in [0.4, 0.5) is 24.5 Å². The highest BCUT2D eigenvalue weighted by Crippen LogP contribution is 2.31. The van der Waals surface area contributed by atoms with Crippen LogP contribution < -0.4 is 15.8 Å². The number of pyridine rings is 2. The van der Waals surface area contributed by atoms with Crippen LogP contribution in [0.3, 0.4) is 0 Å². The molecule has 0 spiro atoms. The average Bonchev–Trinajstić information content (AvgIpc) is 3.56. The first kappa shape index (κ1) is 33.9. The van der Waals surface area contributed by atoms with Gasteiger partial charge in [-0.05, 0) is 55.5 Å². The Kier molecular flexibility index (Phi) is 9.59. The fourth-order valence-corrected chi connectivity index (χ4v) is 6.17. The Morgan fingerprint density at radius 3 is 2.49 bits per heavy atom. The predicted octanol–water partition coefficient (Wildman–Crippen LogP) is 4.23. The fraction of sp³-hybridized carbons (Fsp3) is 0.406. The zero-order valence-corrected chi connectivity index (χ0v) is 27.5. The molecule has 2 amide bonds. The molecule has 258 valence electrons. The van der Waals surface area contributed by atoms with Crippen molar-refractivity contribution in [2.24, 2.45) is 0 Å². The monoisotopic (exact) mass is 699 g/mol. The van der Waals surface area contributed by atoms with Crippen LogP contribution in [0.15, 0.2) is 41.3 Å². The minimum Gasteiger partial charge on any atom is -0.490 e. The van der Waals surface area contributed by atoms with E-state index in [2.05, 4.69) is 25.4 Å². The molecule has 1 N–H and O–H groups in total. The normalized spacial score (nSPS) is 15.3. The molecule has 4 aromatic heterocycles. The lowest BCUT2D eigenvalue weighted by atomic mass is 10.1. The van der Waals surface area contributed by atoms with Crippen LogP contribution in [0.2, 0.25) is 5.15 Å². The van der Waals surface area contributed by atoms with Gasteiger partial charge in [0.15, 0.2) is 10.9 Å². The van der Waals surface area contributed by atoms with Crippen LogP contribution in [-0.4, -0.2) is 78.6 Å². The van der Waals surface area contributed by atoms with Crippen molar-refractivity contribution in [3.8, 4) is 0 Å². The molecule has 0 radical (unpaired) electrons. The van der Waals surface area contributed by atoms with Gasteiger partial charge < -0.3 is 24.4 Å². The summed E-state index contributed by atoms with van der Waals surface area (Å²) < 4.78 is 47.8. The second kappa shape index (κ2) is 13.9. The van der Waals surface area contributed by atoms with Gasteiger partial charge in [0.25, 0.3) is 11.5 Å². The Labute approximate surface area is 283 Å². The number of piperazine rings is 1. The summed E-state index contributed by atoms with van der Waals surface area (Å²) in [4.78, 5) is 56.8. The van der Waals surface area contributed by atoms with Gasteiger partial charge in [-0.3, -0.25) is 19.4 Å². The molecule has 2 aliphatic rings. The smallest absolute Gasteiger partial charge is 0.433 e. The number of aromatic nitrogens is 6. The second-order valence-corrected chi connectivity index (χ2v) is 11.8. The zero-order valence-electron chi connectivity index (χ0n) is 26.8. The van der Waals surface area contributed by atoms with E-state index in [1.165, 1.54) is 0 Å². The van der Waals surface area contributed by atoms with Crippen LogP contribution >= 0.6 is 11.6 Å². The highest BCUT2D eigenvalue weighted by Gasteiger charge is 2.33. The quantitative estimate of drug-likeness (QED) is 0.268. The topological polar surface area (TPSA) is 140 Å². The van der Waals surface area contributed by atoms with Gasteiger partial charge in [-0.25, -0.2) is 4.98 Å². The second-order valence-electron chi connectivity index (χ2n) is 11.5. The summed E-state index contributed by atoms with van der Waals surface area (Å²) in [6, 6.07) is 5.42. The lowest BCUT2D eigenvalue weighted by Gasteiger charge is -2.36. The third-order valence-corrected chi connectivity index (χ3v) is 8.68. The molecule has 4 aromatic rings. The Morgan fingerprint density at radius 1 is 1.06 bits per heavy atom. The van der Waals surface area contributed by atoms with Crippen molar-refractivity contribution in [1.82, 2.24) is 34.0 Å². The molecule has 17 heteroatoms. The van der Waals surface area contributed by atoms with Crippen LogP contribution in [0, 0.1) is 0 Å². The van der Waals surface area contributed by atoms with E-state index in [4.69, 9.17) is 16.3 Å². The number of allylic oxidation sites excluding steroid dienone is 1. The van der Waals surface area contributed by atoms with E-state index in [0.717, 1.165) is 35.1 Å².